The highest BCUT2D eigenvalue weighted by Gasteiger charge is 2.59. The first-order valence-electron chi connectivity index (χ1n) is 22.0. The maximum absolute atomic E-state index is 13.5. The Morgan fingerprint density at radius 1 is 0.857 bits per heavy atom. The second kappa shape index (κ2) is 21.5. The van der Waals surface area contributed by atoms with E-state index in [1.54, 1.807) is 46.8 Å². The molecule has 4 rings (SSSR count). The Labute approximate surface area is 370 Å². The van der Waals surface area contributed by atoms with Gasteiger partial charge in [-0.2, -0.15) is 0 Å². The second-order valence-electron chi connectivity index (χ2n) is 19.0. The van der Waals surface area contributed by atoms with E-state index in [1.165, 1.54) is 27.2 Å². The third kappa shape index (κ3) is 13.2. The zero-order valence-corrected chi connectivity index (χ0v) is 38.5. The van der Waals surface area contributed by atoms with Crippen LogP contribution in [-0.4, -0.2) is 131 Å². The highest BCUT2D eigenvalue weighted by atomic mass is 16.7. The highest BCUT2D eigenvalue weighted by molar-refractivity contribution is 5.83. The number of rotatable bonds is 9. The van der Waals surface area contributed by atoms with Crippen LogP contribution in [0.1, 0.15) is 126 Å². The molecule has 0 aromatic rings. The minimum Gasteiger partial charge on any atom is -0.466 e. The third-order valence-electron chi connectivity index (χ3n) is 12.5. The zero-order valence-electron chi connectivity index (χ0n) is 38.5. The number of aliphatic hydroxyl groups is 4. The van der Waals surface area contributed by atoms with E-state index in [0.717, 1.165) is 6.08 Å². The van der Waals surface area contributed by atoms with Crippen molar-refractivity contribution in [3.63, 3.8) is 0 Å². The van der Waals surface area contributed by atoms with Gasteiger partial charge in [-0.25, -0.2) is 9.59 Å². The number of cyclic esters (lactones) is 1. The Morgan fingerprint density at radius 3 is 2.14 bits per heavy atom. The van der Waals surface area contributed by atoms with Crippen LogP contribution in [0.15, 0.2) is 35.5 Å². The maximum Gasteiger partial charge on any atom is 0.330 e. The zero-order chi connectivity index (χ0) is 47.1. The quantitative estimate of drug-likeness (QED) is 0.110. The van der Waals surface area contributed by atoms with Gasteiger partial charge in [-0.15, -0.1) is 0 Å². The molecule has 0 aromatic carbocycles. The van der Waals surface area contributed by atoms with Crippen LogP contribution < -0.4 is 0 Å². The first-order chi connectivity index (χ1) is 29.3. The van der Waals surface area contributed by atoms with Gasteiger partial charge in [-0.3, -0.25) is 14.4 Å². The number of aliphatic hydroxyl groups excluding tert-OH is 2. The maximum atomic E-state index is 13.5. The molecule has 3 fully saturated rings. The summed E-state index contributed by atoms with van der Waals surface area (Å²) in [7, 11) is 2.42. The molecular weight excluding hydrogens is 824 g/mol. The third-order valence-corrected chi connectivity index (χ3v) is 12.5. The van der Waals surface area contributed by atoms with Crippen LogP contribution in [0.4, 0.5) is 0 Å². The Balaban J connectivity index is 1.88. The van der Waals surface area contributed by atoms with Crippen molar-refractivity contribution in [3.05, 3.63) is 35.5 Å². The number of methoxy groups -OCH3 is 2. The van der Waals surface area contributed by atoms with Gasteiger partial charge in [-0.1, -0.05) is 66.2 Å². The molecule has 4 heterocycles. The number of esters is 5. The molecule has 0 saturated carbocycles. The van der Waals surface area contributed by atoms with Crippen molar-refractivity contribution in [2.24, 2.45) is 16.7 Å². The van der Waals surface area contributed by atoms with E-state index in [1.807, 2.05) is 13.8 Å². The lowest BCUT2D eigenvalue weighted by Gasteiger charge is -2.54. The van der Waals surface area contributed by atoms with E-state index in [2.05, 4.69) is 0 Å². The van der Waals surface area contributed by atoms with Gasteiger partial charge in [-0.05, 0) is 44.1 Å². The predicted octanol–water partition coefficient (Wildman–Crippen LogP) is 4.19. The van der Waals surface area contributed by atoms with Gasteiger partial charge < -0.3 is 58.3 Å². The molecule has 356 valence electrons. The van der Waals surface area contributed by atoms with Crippen LogP contribution in [0, 0.1) is 16.7 Å². The van der Waals surface area contributed by atoms with Gasteiger partial charge >= 0.3 is 29.8 Å². The molecule has 4 N–H and O–H groups in total. The highest BCUT2D eigenvalue weighted by Crippen LogP contribution is 2.50. The Bertz CT molecular complexity index is 1730. The lowest BCUT2D eigenvalue weighted by Crippen LogP contribution is -2.62. The minimum absolute atomic E-state index is 0.00780. The molecule has 17 nitrogen and oxygen atoms in total. The summed E-state index contributed by atoms with van der Waals surface area (Å²) in [6.07, 6.45) is -4.43. The van der Waals surface area contributed by atoms with Crippen molar-refractivity contribution in [3.8, 4) is 0 Å². The second-order valence-corrected chi connectivity index (χ2v) is 19.0. The van der Waals surface area contributed by atoms with Gasteiger partial charge in [0, 0.05) is 56.1 Å². The number of hydrogen-bond acceptors (Lipinski definition) is 17. The summed E-state index contributed by atoms with van der Waals surface area (Å²) in [5.41, 5.74) is -1.97. The fourth-order valence-electron chi connectivity index (χ4n) is 8.68. The molecule has 0 spiro atoms. The summed E-state index contributed by atoms with van der Waals surface area (Å²) in [6, 6.07) is 0. The topological polar surface area (TPSA) is 240 Å². The first-order valence-corrected chi connectivity index (χ1v) is 22.0. The monoisotopic (exact) mass is 894 g/mol. The average molecular weight is 895 g/mol. The Kier molecular flexibility index (Phi) is 17.7. The smallest absolute Gasteiger partial charge is 0.330 e. The molecule has 11 atom stereocenters. The normalized spacial score (nSPS) is 36.0. The molecule has 63 heavy (non-hydrogen) atoms. The molecule has 4 aliphatic heterocycles. The minimum atomic E-state index is -2.41. The van der Waals surface area contributed by atoms with Crippen molar-refractivity contribution in [2.45, 2.75) is 193 Å². The van der Waals surface area contributed by atoms with Crippen molar-refractivity contribution in [1.82, 2.24) is 0 Å². The summed E-state index contributed by atoms with van der Waals surface area (Å²) < 4.78 is 47.0. The molecule has 17 heteroatoms. The van der Waals surface area contributed by atoms with E-state index in [-0.39, 0.29) is 69.3 Å². The van der Waals surface area contributed by atoms with Gasteiger partial charge in [0.05, 0.1) is 62.7 Å². The van der Waals surface area contributed by atoms with E-state index in [0.29, 0.717) is 12.0 Å². The van der Waals surface area contributed by atoms with Crippen molar-refractivity contribution in [1.29, 1.82) is 0 Å². The lowest BCUT2D eigenvalue weighted by molar-refractivity contribution is -0.349. The molecule has 0 aromatic heterocycles. The van der Waals surface area contributed by atoms with E-state index in [4.69, 9.17) is 37.9 Å². The molecule has 0 amide bonds. The number of ether oxygens (including phenoxy) is 8. The van der Waals surface area contributed by atoms with Crippen LogP contribution in [0.2, 0.25) is 0 Å². The molecular formula is C46H70O17. The fourth-order valence-corrected chi connectivity index (χ4v) is 8.68. The molecule has 0 radical (unpaired) electrons. The molecule has 0 aliphatic carbocycles. The van der Waals surface area contributed by atoms with Gasteiger partial charge in [0.25, 0.3) is 0 Å². The largest absolute Gasteiger partial charge is 0.466 e. The van der Waals surface area contributed by atoms with Crippen LogP contribution in [-0.2, 0) is 61.9 Å². The van der Waals surface area contributed by atoms with Crippen LogP contribution in [0.5, 0.6) is 0 Å². The average Bonchev–Trinajstić information content (AvgIpc) is 3.16. The molecule has 0 unspecified atom stereocenters. The standard InChI is InChI=1S/C46H70O17/c1-11-12-37(49)61-42-29(20-39(51)57-10)19-32-23-35(27(4)47)59-41(53)22-30(48)21-33-24-36(60-40(52)15-26(2)3)44(7,8)45(54,62-33)25-34-17-28(18-38(50)56-9)16-31(58-34)13-14-43(5,6)46(42,55)63-32/h13-14,18,20,26-27,30-36,42,47-48,54-55H,11-12,15-17,19,21-25H2,1-10H3/b14-13+,28-18-,29-20+/t27-,30-,31+,32+,33-,34+,35-,36+,42-,45+,46-/m1/s1. The SMILES string of the molecule is CCCC(=O)O[C@@H]1/C(=C/C(=O)OC)C[C@H]2C[C@H]([C@@H](C)O)OC(=O)C[C@H](O)C[C@@H]3C[C@H](OC(=O)CC(C)C)C(C)(C)[C@](O)(C[C@@H]4C/C(=C\C(=O)OC)C[C@H](/C=C/C(C)(C)[C@]1(O)O2)O4)O3. The lowest BCUT2D eigenvalue weighted by atomic mass is 9.70. The summed E-state index contributed by atoms with van der Waals surface area (Å²) in [5, 5.41) is 47.7. The Hall–Kier alpha value is -3.71. The summed E-state index contributed by atoms with van der Waals surface area (Å²) in [6.45, 7) is 13.6. The number of carbonyl (C=O) groups is 5. The van der Waals surface area contributed by atoms with Crippen LogP contribution >= 0.6 is 0 Å². The molecule has 6 bridgehead atoms. The number of carbonyl (C=O) groups excluding carboxylic acids is 5. The molecule has 4 aliphatic rings. The van der Waals surface area contributed by atoms with Gasteiger partial charge in [0.15, 0.2) is 11.9 Å². The van der Waals surface area contributed by atoms with Crippen LogP contribution in [0.25, 0.3) is 0 Å². The number of hydrogen-bond donors (Lipinski definition) is 4. The van der Waals surface area contributed by atoms with E-state index >= 15 is 0 Å². The predicted molar refractivity (Wildman–Crippen MR) is 224 cm³/mol. The molecule has 3 saturated heterocycles. The number of fused-ring (bicyclic) bond motifs is 6. The van der Waals surface area contributed by atoms with Gasteiger partial charge in [0.2, 0.25) is 5.79 Å². The van der Waals surface area contributed by atoms with Crippen molar-refractivity contribution < 1.29 is 82.3 Å². The summed E-state index contributed by atoms with van der Waals surface area (Å²) in [4.78, 5) is 65.1. The first kappa shape index (κ1) is 51.9. The van der Waals surface area contributed by atoms with Crippen molar-refractivity contribution in [2.75, 3.05) is 14.2 Å². The van der Waals surface area contributed by atoms with Crippen LogP contribution in [0.3, 0.4) is 0 Å². The summed E-state index contributed by atoms with van der Waals surface area (Å²) in [5.74, 6) is -7.91. The Morgan fingerprint density at radius 2 is 1.52 bits per heavy atom. The van der Waals surface area contributed by atoms with E-state index in [9.17, 15) is 44.4 Å². The van der Waals surface area contributed by atoms with Crippen molar-refractivity contribution >= 4 is 29.8 Å². The van der Waals surface area contributed by atoms with Gasteiger partial charge in [0.1, 0.15) is 12.2 Å². The van der Waals surface area contributed by atoms with E-state index < -0.39 is 114 Å². The summed E-state index contributed by atoms with van der Waals surface area (Å²) >= 11 is 0. The fraction of sp³-hybridized carbons (Fsp3) is 0.761.